The number of hydrogen-bond donors (Lipinski definition) is 12. The first-order chi connectivity index (χ1) is 25.7. The first-order valence-electron chi connectivity index (χ1n) is 18.0. The molecule has 7 atom stereocenters. The number of nitrogens with one attached hydrogen (secondary N) is 5. The van der Waals surface area contributed by atoms with Gasteiger partial charge >= 0.3 is 11.9 Å². The van der Waals surface area contributed by atoms with Gasteiger partial charge in [-0.2, -0.15) is 0 Å². The van der Waals surface area contributed by atoms with Crippen molar-refractivity contribution in [2.75, 3.05) is 26.3 Å². The predicted octanol–water partition coefficient (Wildman–Crippen LogP) is -4.58. The van der Waals surface area contributed by atoms with Gasteiger partial charge < -0.3 is 69.1 Å². The van der Waals surface area contributed by atoms with Gasteiger partial charge in [0.1, 0.15) is 36.3 Å². The van der Waals surface area contributed by atoms with Crippen molar-refractivity contribution in [3.05, 3.63) is 0 Å². The van der Waals surface area contributed by atoms with Crippen LogP contribution in [0.25, 0.3) is 0 Å². The predicted molar refractivity (Wildman–Crippen MR) is 195 cm³/mol. The van der Waals surface area contributed by atoms with Gasteiger partial charge in [-0.25, -0.2) is 4.79 Å². The van der Waals surface area contributed by atoms with Crippen LogP contribution in [0, 0.1) is 11.8 Å². The summed E-state index contributed by atoms with van der Waals surface area (Å²) in [5.41, 5.74) is 16.4. The Bertz CT molecular complexity index is 1390. The molecule has 0 bridgehead atoms. The molecule has 0 spiro atoms. The highest BCUT2D eigenvalue weighted by Gasteiger charge is 2.40. The highest BCUT2D eigenvalue weighted by Crippen LogP contribution is 2.21. The van der Waals surface area contributed by atoms with Gasteiger partial charge in [0.05, 0.1) is 25.7 Å². The molecule has 0 aromatic carbocycles. The summed E-state index contributed by atoms with van der Waals surface area (Å²) >= 11 is 0. The Labute approximate surface area is 318 Å². The van der Waals surface area contributed by atoms with Gasteiger partial charge in [-0.15, -0.1) is 0 Å². The largest absolute Gasteiger partial charge is 0.481 e. The molecule has 0 unspecified atom stereocenters. The lowest BCUT2D eigenvalue weighted by atomic mass is 10.0. The molecule has 1 fully saturated rings. The maximum atomic E-state index is 13.9. The maximum absolute atomic E-state index is 13.9. The highest BCUT2D eigenvalue weighted by atomic mass is 16.4. The van der Waals surface area contributed by atoms with E-state index in [1.54, 1.807) is 27.7 Å². The van der Waals surface area contributed by atoms with Crippen molar-refractivity contribution in [3.8, 4) is 0 Å². The molecule has 0 saturated carbocycles. The molecule has 6 amide bonds. The van der Waals surface area contributed by atoms with Crippen LogP contribution in [0.4, 0.5) is 0 Å². The minimum atomic E-state index is -1.63. The third kappa shape index (κ3) is 16.9. The second kappa shape index (κ2) is 23.6. The molecule has 55 heavy (non-hydrogen) atoms. The topological polar surface area (TPSA) is 371 Å². The number of nitrogens with zero attached hydrogens (tertiary/aromatic N) is 2. The lowest BCUT2D eigenvalue weighted by Crippen LogP contribution is -2.60. The summed E-state index contributed by atoms with van der Waals surface area (Å²) in [6.07, 6.45) is 0.128. The Morgan fingerprint density at radius 1 is 0.727 bits per heavy atom. The number of aliphatic hydroxyl groups is 2. The fourth-order valence-electron chi connectivity index (χ4n) is 5.70. The number of aliphatic imine (C=N–C) groups is 1. The molecule has 1 heterocycles. The standard InChI is InChI=1S/C33H58N10O12/c1-16(2)11-20(39-26(48)18(34)13-25(46)47)28(50)41-22(14-44)29(51)38-19(7-5-9-37-33(35)36)27(49)40-21(12-17(3)4)31(53)43-10-6-8-24(43)30(52)42-23(15-45)32(54)55/h16-24,44-45H,5-15,34H2,1-4H3,(H,38,51)(H,39,48)(H,40,49)(H,41,50)(H,42,52)(H,46,47)(H,54,55)(H4,35,36,37)/t18-,19-,20-,21-,22-,23-,24-/m0/s1. The average Bonchev–Trinajstić information content (AvgIpc) is 3.59. The van der Waals surface area contributed by atoms with E-state index in [0.29, 0.717) is 6.42 Å². The van der Waals surface area contributed by atoms with Crippen molar-refractivity contribution in [3.63, 3.8) is 0 Å². The van der Waals surface area contributed by atoms with Crippen LogP contribution in [0.3, 0.4) is 0 Å². The van der Waals surface area contributed by atoms with Crippen molar-refractivity contribution < 1.29 is 58.8 Å². The van der Waals surface area contributed by atoms with E-state index in [2.05, 4.69) is 31.6 Å². The summed E-state index contributed by atoms with van der Waals surface area (Å²) in [5.74, 6) is -8.42. The Morgan fingerprint density at radius 2 is 1.24 bits per heavy atom. The monoisotopic (exact) mass is 786 g/mol. The van der Waals surface area contributed by atoms with Crippen molar-refractivity contribution >= 4 is 53.3 Å². The Morgan fingerprint density at radius 3 is 1.76 bits per heavy atom. The first-order valence-corrected chi connectivity index (χ1v) is 18.0. The molecule has 1 aliphatic heterocycles. The summed E-state index contributed by atoms with van der Waals surface area (Å²) < 4.78 is 0. The fraction of sp³-hybridized carbons (Fsp3) is 0.727. The van der Waals surface area contributed by atoms with Crippen LogP contribution in [-0.4, -0.2) is 147 Å². The number of likely N-dealkylation sites (tertiary alicyclic amines) is 1. The number of carboxylic acid groups (broad SMARTS) is 2. The third-order valence-corrected chi connectivity index (χ3v) is 8.42. The molecule has 0 radical (unpaired) electrons. The summed E-state index contributed by atoms with van der Waals surface area (Å²) in [6.45, 7) is 5.43. The van der Waals surface area contributed by atoms with E-state index in [9.17, 15) is 53.7 Å². The molecule has 1 rings (SSSR count). The molecule has 0 aromatic rings. The Balaban J connectivity index is 3.28. The number of carbonyl (C=O) groups excluding carboxylic acids is 6. The molecular formula is C33H58N10O12. The number of hydrogen-bond acceptors (Lipinski definition) is 12. The summed E-state index contributed by atoms with van der Waals surface area (Å²) in [4.78, 5) is 107. The first kappa shape index (κ1) is 47.9. The summed E-state index contributed by atoms with van der Waals surface area (Å²) in [7, 11) is 0. The molecule has 1 aliphatic rings. The minimum absolute atomic E-state index is 0.0485. The lowest BCUT2D eigenvalue weighted by molar-refractivity contribution is -0.146. The quantitative estimate of drug-likeness (QED) is 0.0249. The van der Waals surface area contributed by atoms with Crippen LogP contribution in [0.2, 0.25) is 0 Å². The third-order valence-electron chi connectivity index (χ3n) is 8.42. The van der Waals surface area contributed by atoms with Gasteiger partial charge in [0.2, 0.25) is 35.4 Å². The molecule has 15 N–H and O–H groups in total. The number of aliphatic carboxylic acids is 2. The second-order valence-electron chi connectivity index (χ2n) is 14.1. The Hall–Kier alpha value is -5.09. The minimum Gasteiger partial charge on any atom is -0.481 e. The number of carboxylic acids is 2. The molecule has 312 valence electrons. The number of guanidine groups is 1. The fourth-order valence-corrected chi connectivity index (χ4v) is 5.70. The van der Waals surface area contributed by atoms with Crippen molar-refractivity contribution in [1.82, 2.24) is 31.5 Å². The number of aliphatic hydroxyl groups excluding tert-OH is 2. The average molecular weight is 787 g/mol. The Kier molecular flexibility index (Phi) is 20.6. The van der Waals surface area contributed by atoms with Gasteiger partial charge in [-0.05, 0) is 50.4 Å². The number of carbonyl (C=O) groups is 8. The zero-order chi connectivity index (χ0) is 42.0. The number of rotatable bonds is 24. The zero-order valence-corrected chi connectivity index (χ0v) is 31.7. The van der Waals surface area contributed by atoms with Crippen LogP contribution in [0.15, 0.2) is 4.99 Å². The molecule has 22 heteroatoms. The van der Waals surface area contributed by atoms with E-state index < -0.39 is 109 Å². The molecule has 0 aliphatic carbocycles. The maximum Gasteiger partial charge on any atom is 0.328 e. The van der Waals surface area contributed by atoms with E-state index >= 15 is 0 Å². The van der Waals surface area contributed by atoms with Crippen molar-refractivity contribution in [2.45, 2.75) is 115 Å². The normalized spacial score (nSPS) is 17.2. The van der Waals surface area contributed by atoms with E-state index in [-0.39, 0.29) is 63.0 Å². The van der Waals surface area contributed by atoms with Crippen LogP contribution in [0.1, 0.15) is 72.6 Å². The van der Waals surface area contributed by atoms with Gasteiger partial charge in [-0.3, -0.25) is 38.6 Å². The van der Waals surface area contributed by atoms with Crippen LogP contribution in [0.5, 0.6) is 0 Å². The van der Waals surface area contributed by atoms with Crippen LogP contribution in [-0.2, 0) is 38.4 Å². The molecule has 1 saturated heterocycles. The van der Waals surface area contributed by atoms with Crippen molar-refractivity contribution in [2.24, 2.45) is 34.0 Å². The van der Waals surface area contributed by atoms with Crippen molar-refractivity contribution in [1.29, 1.82) is 0 Å². The highest BCUT2D eigenvalue weighted by molar-refractivity contribution is 5.97. The summed E-state index contributed by atoms with van der Waals surface area (Å²) in [6, 6.07) is -9.61. The molecule has 0 aromatic heterocycles. The van der Waals surface area contributed by atoms with E-state index in [0.717, 1.165) is 0 Å². The number of nitrogens with two attached hydrogens (primary N) is 3. The van der Waals surface area contributed by atoms with Crippen LogP contribution < -0.4 is 43.8 Å². The van der Waals surface area contributed by atoms with Gasteiger partial charge in [0, 0.05) is 13.1 Å². The van der Waals surface area contributed by atoms with E-state index in [1.807, 2.05) is 0 Å². The number of amides is 6. The van der Waals surface area contributed by atoms with Gasteiger partial charge in [0.25, 0.3) is 0 Å². The van der Waals surface area contributed by atoms with Crippen LogP contribution >= 0.6 is 0 Å². The molecule has 22 nitrogen and oxygen atoms in total. The smallest absolute Gasteiger partial charge is 0.328 e. The van der Waals surface area contributed by atoms with E-state index in [4.69, 9.17) is 22.3 Å². The summed E-state index contributed by atoms with van der Waals surface area (Å²) in [5, 5.41) is 49.7. The van der Waals surface area contributed by atoms with E-state index in [1.165, 1.54) is 4.90 Å². The van der Waals surface area contributed by atoms with Gasteiger partial charge in [-0.1, -0.05) is 27.7 Å². The molecular weight excluding hydrogens is 728 g/mol. The van der Waals surface area contributed by atoms with Gasteiger partial charge in [0.15, 0.2) is 5.96 Å². The zero-order valence-electron chi connectivity index (χ0n) is 31.7. The lowest BCUT2D eigenvalue weighted by Gasteiger charge is -2.31. The SMILES string of the molecule is CC(C)C[C@H](NC(=O)[C@@H](N)CC(=O)O)C(=O)N[C@@H](CO)C(=O)N[C@@H](CCCN=C(N)N)C(=O)N[C@@H](CC(C)C)C(=O)N1CCC[C@H]1C(=O)N[C@@H](CO)C(=O)O. The second-order valence-corrected chi connectivity index (χ2v) is 14.1.